The van der Waals surface area contributed by atoms with Gasteiger partial charge in [-0.25, -0.2) is 8.42 Å². The quantitative estimate of drug-likeness (QED) is 0.492. The highest BCUT2D eigenvalue weighted by atomic mass is 32.2. The summed E-state index contributed by atoms with van der Waals surface area (Å²) in [6.07, 6.45) is -1.57. The molecule has 2 aromatic rings. The van der Waals surface area contributed by atoms with Gasteiger partial charge in [0, 0.05) is 18.3 Å². The summed E-state index contributed by atoms with van der Waals surface area (Å²) in [5.41, 5.74) is -0.115. The zero-order valence-electron chi connectivity index (χ0n) is 17.0. The van der Waals surface area contributed by atoms with Gasteiger partial charge in [-0.3, -0.25) is 9.48 Å². The molecule has 1 aliphatic carbocycles. The average molecular weight is 455 g/mol. The molecule has 0 aliphatic heterocycles. The van der Waals surface area contributed by atoms with Crippen LogP contribution in [-0.2, 0) is 38.7 Å². The Morgan fingerprint density at radius 1 is 1.35 bits per heavy atom. The minimum absolute atomic E-state index is 0.101. The molecule has 0 amide bonds. The first-order valence-corrected chi connectivity index (χ1v) is 11.0. The third kappa shape index (κ3) is 4.79. The van der Waals surface area contributed by atoms with Gasteiger partial charge in [-0.05, 0) is 38.3 Å². The summed E-state index contributed by atoms with van der Waals surface area (Å²) in [7, 11) is 2.57. The lowest BCUT2D eigenvalue weighted by Crippen LogP contribution is -2.34. The molecule has 7 nitrogen and oxygen atoms in total. The minimum Gasteiger partial charge on any atom is -0.465 e. The van der Waals surface area contributed by atoms with Crippen LogP contribution in [0.5, 0.6) is 0 Å². The number of halogens is 3. The number of alkyl halides is 3. The van der Waals surface area contributed by atoms with E-state index in [0.717, 1.165) is 10.4 Å². The summed E-state index contributed by atoms with van der Waals surface area (Å²) >= 11 is 0. The number of ether oxygens (including phenoxy) is 1. The molecule has 0 N–H and O–H groups in total. The molecular formula is C19H21BF3N3O4S. The van der Waals surface area contributed by atoms with E-state index in [-0.39, 0.29) is 18.6 Å². The van der Waals surface area contributed by atoms with E-state index in [2.05, 4.69) is 5.10 Å². The molecular weight excluding hydrogens is 434 g/mol. The number of hydrogen-bond donors (Lipinski definition) is 0. The van der Waals surface area contributed by atoms with Crippen LogP contribution in [0.25, 0.3) is 0 Å². The van der Waals surface area contributed by atoms with Gasteiger partial charge in [-0.2, -0.15) is 22.6 Å². The van der Waals surface area contributed by atoms with E-state index in [1.807, 2.05) is 0 Å². The van der Waals surface area contributed by atoms with Crippen molar-refractivity contribution in [2.45, 2.75) is 49.8 Å². The molecule has 2 radical (unpaired) electrons. The zero-order valence-corrected chi connectivity index (χ0v) is 17.8. The maximum absolute atomic E-state index is 13.1. The first-order valence-electron chi connectivity index (χ1n) is 9.61. The molecule has 3 rings (SSSR count). The Kier molecular flexibility index (Phi) is 6.52. The van der Waals surface area contributed by atoms with Crippen LogP contribution >= 0.6 is 0 Å². The average Bonchev–Trinajstić information content (AvgIpc) is 3.09. The topological polar surface area (TPSA) is 81.5 Å². The van der Waals surface area contributed by atoms with Crippen molar-refractivity contribution >= 4 is 29.3 Å². The van der Waals surface area contributed by atoms with Gasteiger partial charge in [0.15, 0.2) is 0 Å². The van der Waals surface area contributed by atoms with Crippen LogP contribution < -0.4 is 5.46 Å². The Morgan fingerprint density at radius 3 is 2.71 bits per heavy atom. The molecule has 1 aliphatic rings. The monoisotopic (exact) mass is 455 g/mol. The number of carbonyl (C=O) groups is 1. The highest BCUT2D eigenvalue weighted by Crippen LogP contribution is 2.37. The van der Waals surface area contributed by atoms with Crippen LogP contribution in [-0.4, -0.2) is 50.0 Å². The van der Waals surface area contributed by atoms with Gasteiger partial charge in [0.1, 0.15) is 14.4 Å². The van der Waals surface area contributed by atoms with Crippen LogP contribution in [0.4, 0.5) is 13.2 Å². The third-order valence-electron chi connectivity index (χ3n) is 5.19. The molecule has 0 saturated heterocycles. The first kappa shape index (κ1) is 23.3. The van der Waals surface area contributed by atoms with Crippen molar-refractivity contribution < 1.29 is 31.1 Å². The van der Waals surface area contributed by atoms with Gasteiger partial charge >= 0.3 is 12.1 Å². The minimum atomic E-state index is -4.73. The van der Waals surface area contributed by atoms with Crippen LogP contribution in [0.1, 0.15) is 42.6 Å². The van der Waals surface area contributed by atoms with Crippen molar-refractivity contribution in [1.29, 1.82) is 0 Å². The molecule has 166 valence electrons. The van der Waals surface area contributed by atoms with Gasteiger partial charge in [0.2, 0.25) is 10.0 Å². The summed E-state index contributed by atoms with van der Waals surface area (Å²) in [6.45, 7) is 1.81. The predicted octanol–water partition coefficient (Wildman–Crippen LogP) is 1.96. The van der Waals surface area contributed by atoms with E-state index in [4.69, 9.17) is 12.6 Å². The maximum Gasteiger partial charge on any atom is 0.416 e. The molecule has 1 atom stereocenters. The third-order valence-corrected chi connectivity index (χ3v) is 7.03. The van der Waals surface area contributed by atoms with Crippen molar-refractivity contribution in [3.8, 4) is 0 Å². The number of fused-ring (bicyclic) bond motifs is 1. The second kappa shape index (κ2) is 8.66. The van der Waals surface area contributed by atoms with Gasteiger partial charge in [-0.15, -0.1) is 0 Å². The van der Waals surface area contributed by atoms with E-state index in [1.165, 1.54) is 17.9 Å². The number of nitrogens with zero attached hydrogens (tertiary/aromatic N) is 3. The maximum atomic E-state index is 13.1. The Balaban J connectivity index is 1.94. The number of benzene rings is 1. The Labute approximate surface area is 179 Å². The number of esters is 1. The molecule has 1 aromatic heterocycles. The fraction of sp³-hybridized carbons (Fsp3) is 0.474. The lowest BCUT2D eigenvalue weighted by molar-refractivity contribution is -0.144. The molecule has 0 fully saturated rings. The van der Waals surface area contributed by atoms with Crippen LogP contribution in [0.15, 0.2) is 29.3 Å². The molecule has 31 heavy (non-hydrogen) atoms. The lowest BCUT2D eigenvalue weighted by atomic mass is 9.93. The van der Waals surface area contributed by atoms with Crippen LogP contribution in [0, 0.1) is 0 Å². The molecule has 0 bridgehead atoms. The van der Waals surface area contributed by atoms with Gasteiger partial charge in [0.25, 0.3) is 0 Å². The standard InChI is InChI=1S/C19H21BF3N3O4S/c1-3-30-18(27)11-26-17-6-4-5-16(15(17)10-24-26)25(2)31(28,29)14-8-12(19(21,22)23)7-13(20)9-14/h7-10,16H,3-6,11H2,1-2H3/t16-/m1/s1. The van der Waals surface area contributed by atoms with Crippen molar-refractivity contribution in [3.05, 3.63) is 41.2 Å². The van der Waals surface area contributed by atoms with Crippen molar-refractivity contribution in [2.24, 2.45) is 0 Å². The Hall–Kier alpha value is -2.34. The van der Waals surface area contributed by atoms with E-state index in [1.54, 1.807) is 6.92 Å². The number of rotatable bonds is 6. The summed E-state index contributed by atoms with van der Waals surface area (Å²) in [6, 6.07) is 1.64. The summed E-state index contributed by atoms with van der Waals surface area (Å²) < 4.78 is 73.1. The fourth-order valence-corrected chi connectivity index (χ4v) is 5.15. The number of hydrogen-bond acceptors (Lipinski definition) is 5. The molecule has 0 saturated carbocycles. The summed E-state index contributed by atoms with van der Waals surface area (Å²) in [5, 5.41) is 4.19. The van der Waals surface area contributed by atoms with E-state index < -0.39 is 38.7 Å². The van der Waals surface area contributed by atoms with Crippen molar-refractivity contribution in [3.63, 3.8) is 0 Å². The predicted molar refractivity (Wildman–Crippen MR) is 106 cm³/mol. The Bertz CT molecular complexity index is 1090. The fourth-order valence-electron chi connectivity index (χ4n) is 3.71. The Morgan fingerprint density at radius 2 is 2.06 bits per heavy atom. The van der Waals surface area contributed by atoms with Gasteiger partial charge < -0.3 is 4.74 Å². The van der Waals surface area contributed by atoms with E-state index in [0.29, 0.717) is 42.7 Å². The smallest absolute Gasteiger partial charge is 0.416 e. The van der Waals surface area contributed by atoms with Gasteiger partial charge in [-0.1, -0.05) is 11.5 Å². The second-order valence-electron chi connectivity index (χ2n) is 7.23. The van der Waals surface area contributed by atoms with Crippen molar-refractivity contribution in [1.82, 2.24) is 14.1 Å². The first-order chi connectivity index (χ1) is 14.4. The van der Waals surface area contributed by atoms with E-state index >= 15 is 0 Å². The number of sulfonamides is 1. The second-order valence-corrected chi connectivity index (χ2v) is 9.22. The van der Waals surface area contributed by atoms with E-state index in [9.17, 15) is 26.4 Å². The largest absolute Gasteiger partial charge is 0.465 e. The lowest BCUT2D eigenvalue weighted by Gasteiger charge is -2.31. The molecule has 12 heteroatoms. The summed E-state index contributed by atoms with van der Waals surface area (Å²) in [4.78, 5) is 11.3. The number of aromatic nitrogens is 2. The van der Waals surface area contributed by atoms with Crippen LogP contribution in [0.3, 0.4) is 0 Å². The molecule has 0 spiro atoms. The summed E-state index contributed by atoms with van der Waals surface area (Å²) in [5.74, 6) is -0.462. The van der Waals surface area contributed by atoms with Gasteiger partial charge in [0.05, 0.1) is 29.3 Å². The normalized spacial score (nSPS) is 16.9. The molecule has 1 aromatic carbocycles. The highest BCUT2D eigenvalue weighted by molar-refractivity contribution is 7.89. The number of carbonyl (C=O) groups excluding carboxylic acids is 1. The molecule has 1 heterocycles. The highest BCUT2D eigenvalue weighted by Gasteiger charge is 2.36. The van der Waals surface area contributed by atoms with Crippen LogP contribution in [0.2, 0.25) is 0 Å². The molecule has 0 unspecified atom stereocenters. The van der Waals surface area contributed by atoms with Crippen molar-refractivity contribution in [2.75, 3.05) is 13.7 Å². The zero-order chi connectivity index (χ0) is 23.0. The SMILES string of the molecule is [B]c1cc(C(F)(F)F)cc(S(=O)(=O)N(C)[C@@H]2CCCc3c2cnn3CC(=O)OCC)c1.